The number of carbonyl (C=O) groups excluding carboxylic acids is 1. The molecule has 1 atom stereocenters. The van der Waals surface area contributed by atoms with Gasteiger partial charge < -0.3 is 9.84 Å². The van der Waals surface area contributed by atoms with Gasteiger partial charge in [0.15, 0.2) is 0 Å². The standard InChI is InChI=1S/C13H14ClN3O2/c1-7(12-8(2)17-19-9(12)3)16-13(18)10-4-5-11(14)15-6-10/h4-7H,1-3H3,(H,16,18). The second-order valence-electron chi connectivity index (χ2n) is 4.30. The molecule has 2 heterocycles. The zero-order valence-electron chi connectivity index (χ0n) is 10.9. The molecule has 19 heavy (non-hydrogen) atoms. The second-order valence-corrected chi connectivity index (χ2v) is 4.69. The Morgan fingerprint density at radius 3 is 2.68 bits per heavy atom. The third kappa shape index (κ3) is 2.93. The fourth-order valence-corrected chi connectivity index (χ4v) is 2.08. The summed E-state index contributed by atoms with van der Waals surface area (Å²) in [5, 5.41) is 7.11. The van der Waals surface area contributed by atoms with Crippen LogP contribution >= 0.6 is 11.6 Å². The Kier molecular flexibility index (Phi) is 3.85. The first-order valence-electron chi connectivity index (χ1n) is 5.84. The lowest BCUT2D eigenvalue weighted by Crippen LogP contribution is -2.27. The number of halogens is 1. The monoisotopic (exact) mass is 279 g/mol. The highest BCUT2D eigenvalue weighted by Crippen LogP contribution is 2.21. The van der Waals surface area contributed by atoms with Crippen LogP contribution in [0.1, 0.15) is 40.3 Å². The SMILES string of the molecule is Cc1noc(C)c1C(C)NC(=O)c1ccc(Cl)nc1. The molecule has 0 aliphatic heterocycles. The Hall–Kier alpha value is -1.88. The first-order valence-corrected chi connectivity index (χ1v) is 6.22. The molecule has 0 bridgehead atoms. The van der Waals surface area contributed by atoms with Gasteiger partial charge in [-0.15, -0.1) is 0 Å². The molecule has 0 saturated carbocycles. The van der Waals surface area contributed by atoms with Crippen LogP contribution in [0.4, 0.5) is 0 Å². The molecule has 2 rings (SSSR count). The number of hydrogen-bond acceptors (Lipinski definition) is 4. The summed E-state index contributed by atoms with van der Waals surface area (Å²) in [6.07, 6.45) is 1.44. The molecule has 1 N–H and O–H groups in total. The van der Waals surface area contributed by atoms with Crippen LogP contribution in [-0.4, -0.2) is 16.0 Å². The van der Waals surface area contributed by atoms with Gasteiger partial charge in [-0.2, -0.15) is 0 Å². The molecular formula is C13H14ClN3O2. The number of aryl methyl sites for hydroxylation is 2. The van der Waals surface area contributed by atoms with Crippen molar-refractivity contribution >= 4 is 17.5 Å². The molecule has 0 fully saturated rings. The van der Waals surface area contributed by atoms with Crippen LogP contribution in [0.15, 0.2) is 22.9 Å². The van der Waals surface area contributed by atoms with Gasteiger partial charge >= 0.3 is 0 Å². The molecule has 0 spiro atoms. The molecule has 5 nitrogen and oxygen atoms in total. The summed E-state index contributed by atoms with van der Waals surface area (Å²) >= 11 is 5.68. The van der Waals surface area contributed by atoms with Gasteiger partial charge in [-0.25, -0.2) is 4.98 Å². The Bertz CT molecular complexity index is 573. The summed E-state index contributed by atoms with van der Waals surface area (Å²) in [6.45, 7) is 5.55. The van der Waals surface area contributed by atoms with Crippen molar-refractivity contribution in [3.05, 3.63) is 46.1 Å². The third-order valence-corrected chi connectivity index (χ3v) is 3.08. The molecule has 6 heteroatoms. The van der Waals surface area contributed by atoms with Gasteiger partial charge in [0.25, 0.3) is 5.91 Å². The van der Waals surface area contributed by atoms with E-state index in [0.717, 1.165) is 11.3 Å². The van der Waals surface area contributed by atoms with E-state index >= 15 is 0 Å². The van der Waals surface area contributed by atoms with Crippen molar-refractivity contribution in [2.45, 2.75) is 26.8 Å². The fourth-order valence-electron chi connectivity index (χ4n) is 1.97. The number of amides is 1. The number of carbonyl (C=O) groups is 1. The maximum atomic E-state index is 12.0. The Morgan fingerprint density at radius 2 is 2.16 bits per heavy atom. The molecule has 0 saturated heterocycles. The second kappa shape index (κ2) is 5.40. The molecule has 1 unspecified atom stereocenters. The van der Waals surface area contributed by atoms with Crippen molar-refractivity contribution in [2.24, 2.45) is 0 Å². The minimum atomic E-state index is -0.211. The van der Waals surface area contributed by atoms with E-state index in [2.05, 4.69) is 15.5 Å². The molecular weight excluding hydrogens is 266 g/mol. The molecule has 0 aliphatic carbocycles. The Balaban J connectivity index is 2.13. The molecule has 0 aromatic carbocycles. The minimum Gasteiger partial charge on any atom is -0.361 e. The largest absolute Gasteiger partial charge is 0.361 e. The van der Waals surface area contributed by atoms with Crippen LogP contribution in [0.5, 0.6) is 0 Å². The summed E-state index contributed by atoms with van der Waals surface area (Å²) < 4.78 is 5.09. The highest BCUT2D eigenvalue weighted by atomic mass is 35.5. The number of nitrogens with one attached hydrogen (secondary N) is 1. The summed E-state index contributed by atoms with van der Waals surface area (Å²) in [7, 11) is 0. The van der Waals surface area contributed by atoms with Crippen LogP contribution in [0.2, 0.25) is 5.15 Å². The first kappa shape index (κ1) is 13.5. The molecule has 0 radical (unpaired) electrons. The van der Waals surface area contributed by atoms with E-state index in [1.165, 1.54) is 6.20 Å². The van der Waals surface area contributed by atoms with Gasteiger partial charge in [0.2, 0.25) is 0 Å². The van der Waals surface area contributed by atoms with Crippen molar-refractivity contribution in [3.63, 3.8) is 0 Å². The van der Waals surface area contributed by atoms with E-state index in [9.17, 15) is 4.79 Å². The van der Waals surface area contributed by atoms with Crippen LogP contribution in [0.3, 0.4) is 0 Å². The van der Waals surface area contributed by atoms with Gasteiger partial charge in [-0.05, 0) is 32.9 Å². The molecule has 1 amide bonds. The zero-order valence-corrected chi connectivity index (χ0v) is 11.7. The van der Waals surface area contributed by atoms with Crippen LogP contribution in [-0.2, 0) is 0 Å². The van der Waals surface area contributed by atoms with Gasteiger partial charge in [-0.3, -0.25) is 4.79 Å². The van der Waals surface area contributed by atoms with Crippen molar-refractivity contribution in [1.82, 2.24) is 15.5 Å². The van der Waals surface area contributed by atoms with E-state index < -0.39 is 0 Å². The maximum Gasteiger partial charge on any atom is 0.253 e. The molecule has 0 aliphatic rings. The van der Waals surface area contributed by atoms with E-state index in [1.807, 2.05) is 20.8 Å². The van der Waals surface area contributed by atoms with Gasteiger partial charge in [0.05, 0.1) is 17.3 Å². The van der Waals surface area contributed by atoms with Crippen LogP contribution in [0.25, 0.3) is 0 Å². The lowest BCUT2D eigenvalue weighted by molar-refractivity contribution is 0.0939. The molecule has 2 aromatic heterocycles. The summed E-state index contributed by atoms with van der Waals surface area (Å²) in [4.78, 5) is 15.9. The van der Waals surface area contributed by atoms with Crippen LogP contribution in [0, 0.1) is 13.8 Å². The number of aromatic nitrogens is 2. The van der Waals surface area contributed by atoms with Crippen LogP contribution < -0.4 is 5.32 Å². The average molecular weight is 280 g/mol. The normalized spacial score (nSPS) is 12.2. The predicted octanol–water partition coefficient (Wildman–Crippen LogP) is 2.83. The molecule has 2 aromatic rings. The van der Waals surface area contributed by atoms with E-state index in [-0.39, 0.29) is 11.9 Å². The summed E-state index contributed by atoms with van der Waals surface area (Å²) in [5.41, 5.74) is 2.14. The average Bonchev–Trinajstić information content (AvgIpc) is 2.69. The van der Waals surface area contributed by atoms with Crippen molar-refractivity contribution < 1.29 is 9.32 Å². The zero-order chi connectivity index (χ0) is 14.0. The highest BCUT2D eigenvalue weighted by molar-refractivity contribution is 6.29. The van der Waals surface area contributed by atoms with Gasteiger partial charge in [0, 0.05) is 11.8 Å². The highest BCUT2D eigenvalue weighted by Gasteiger charge is 2.18. The Labute approximate surface area is 116 Å². The fraction of sp³-hybridized carbons (Fsp3) is 0.308. The number of hydrogen-bond donors (Lipinski definition) is 1. The number of pyridine rings is 1. The van der Waals surface area contributed by atoms with Crippen molar-refractivity contribution in [3.8, 4) is 0 Å². The lowest BCUT2D eigenvalue weighted by Gasteiger charge is -2.13. The van der Waals surface area contributed by atoms with E-state index in [4.69, 9.17) is 16.1 Å². The van der Waals surface area contributed by atoms with E-state index in [1.54, 1.807) is 12.1 Å². The van der Waals surface area contributed by atoms with Gasteiger partial charge in [0.1, 0.15) is 10.9 Å². The topological polar surface area (TPSA) is 68.0 Å². The third-order valence-electron chi connectivity index (χ3n) is 2.86. The van der Waals surface area contributed by atoms with Crippen molar-refractivity contribution in [1.29, 1.82) is 0 Å². The quantitative estimate of drug-likeness (QED) is 0.877. The smallest absolute Gasteiger partial charge is 0.253 e. The molecule has 100 valence electrons. The summed E-state index contributed by atoms with van der Waals surface area (Å²) in [5.74, 6) is 0.496. The maximum absolute atomic E-state index is 12.0. The first-order chi connectivity index (χ1) is 8.99. The van der Waals surface area contributed by atoms with Gasteiger partial charge in [-0.1, -0.05) is 16.8 Å². The van der Waals surface area contributed by atoms with Crippen molar-refractivity contribution in [2.75, 3.05) is 0 Å². The van der Waals surface area contributed by atoms with E-state index in [0.29, 0.717) is 16.5 Å². The predicted molar refractivity (Wildman–Crippen MR) is 71.1 cm³/mol. The number of nitrogens with zero attached hydrogens (tertiary/aromatic N) is 2. The number of rotatable bonds is 3. The summed E-state index contributed by atoms with van der Waals surface area (Å²) in [6, 6.07) is 3.02. The Morgan fingerprint density at radius 1 is 1.42 bits per heavy atom. The lowest BCUT2D eigenvalue weighted by atomic mass is 10.1. The minimum absolute atomic E-state index is 0.186.